The molecule has 0 saturated heterocycles. The third kappa shape index (κ3) is 3.77. The number of amides is 1. The molecule has 2 aliphatic rings. The van der Waals surface area contributed by atoms with E-state index in [-0.39, 0.29) is 17.4 Å². The SMILES string of the molecule is Cn1cc(-c2ccc(CN3Cc4ccnc(OC5c6ncccc6CC5(C)C)c4C3=O)cc2)cn1. The van der Waals surface area contributed by atoms with Crippen molar-refractivity contribution >= 4 is 5.91 Å². The third-order valence-corrected chi connectivity index (χ3v) is 6.99. The van der Waals surface area contributed by atoms with Crippen LogP contribution in [0.15, 0.2) is 67.3 Å². The zero-order chi connectivity index (χ0) is 24.2. The van der Waals surface area contributed by atoms with Crippen molar-refractivity contribution in [2.45, 2.75) is 39.5 Å². The van der Waals surface area contributed by atoms with Crippen LogP contribution >= 0.6 is 0 Å². The molecule has 0 fully saturated rings. The van der Waals surface area contributed by atoms with E-state index >= 15 is 0 Å². The number of hydrogen-bond donors (Lipinski definition) is 0. The van der Waals surface area contributed by atoms with Crippen LogP contribution in [0.1, 0.15) is 52.7 Å². The summed E-state index contributed by atoms with van der Waals surface area (Å²) < 4.78 is 8.26. The number of benzene rings is 1. The summed E-state index contributed by atoms with van der Waals surface area (Å²) in [5, 5.41) is 4.24. The molecule has 4 aromatic rings. The van der Waals surface area contributed by atoms with E-state index in [1.54, 1.807) is 17.1 Å². The van der Waals surface area contributed by atoms with Crippen molar-refractivity contribution in [3.63, 3.8) is 0 Å². The van der Waals surface area contributed by atoms with Gasteiger partial charge < -0.3 is 9.64 Å². The molecule has 1 aliphatic carbocycles. The van der Waals surface area contributed by atoms with Crippen LogP contribution in [0.2, 0.25) is 0 Å². The van der Waals surface area contributed by atoms with E-state index in [2.05, 4.69) is 59.2 Å². The lowest BCUT2D eigenvalue weighted by Crippen LogP contribution is -2.26. The summed E-state index contributed by atoms with van der Waals surface area (Å²) in [6.07, 6.45) is 8.00. The molecule has 6 rings (SSSR count). The smallest absolute Gasteiger partial charge is 0.260 e. The Morgan fingerprint density at radius 3 is 2.63 bits per heavy atom. The highest BCUT2D eigenvalue weighted by atomic mass is 16.5. The minimum absolute atomic E-state index is 0.0449. The highest BCUT2D eigenvalue weighted by Gasteiger charge is 2.43. The maximum absolute atomic E-state index is 13.5. The van der Waals surface area contributed by atoms with Gasteiger partial charge in [-0.15, -0.1) is 0 Å². The number of aromatic nitrogens is 4. The molecule has 35 heavy (non-hydrogen) atoms. The lowest BCUT2D eigenvalue weighted by Gasteiger charge is -2.27. The number of hydrogen-bond acceptors (Lipinski definition) is 5. The summed E-state index contributed by atoms with van der Waals surface area (Å²) >= 11 is 0. The predicted octanol–water partition coefficient (Wildman–Crippen LogP) is 4.74. The third-order valence-electron chi connectivity index (χ3n) is 6.99. The van der Waals surface area contributed by atoms with Crippen molar-refractivity contribution in [3.8, 4) is 17.0 Å². The lowest BCUT2D eigenvalue weighted by atomic mass is 9.88. The van der Waals surface area contributed by atoms with Crippen molar-refractivity contribution < 1.29 is 9.53 Å². The van der Waals surface area contributed by atoms with E-state index < -0.39 is 0 Å². The standard InChI is InChI=1S/C28H27N5O2/c1-28(2)13-20-5-4-11-29-24(20)25(28)35-26-23-21(10-12-30-26)17-33(27(23)34)15-18-6-8-19(9-7-18)22-14-31-32(3)16-22/h4-12,14,16,25H,13,15,17H2,1-3H3. The molecule has 1 aliphatic heterocycles. The van der Waals surface area contributed by atoms with Gasteiger partial charge in [0.25, 0.3) is 5.91 Å². The Morgan fingerprint density at radius 1 is 1.03 bits per heavy atom. The normalized spacial score (nSPS) is 18.0. The van der Waals surface area contributed by atoms with Gasteiger partial charge in [-0.1, -0.05) is 44.2 Å². The Balaban J connectivity index is 1.23. The fraction of sp³-hybridized carbons (Fsp3) is 0.286. The number of carbonyl (C=O) groups excluding carboxylic acids is 1. The Kier molecular flexibility index (Phi) is 4.95. The topological polar surface area (TPSA) is 73.1 Å². The highest BCUT2D eigenvalue weighted by Crippen LogP contribution is 2.47. The zero-order valence-electron chi connectivity index (χ0n) is 20.1. The number of ether oxygens (including phenoxy) is 1. The summed E-state index contributed by atoms with van der Waals surface area (Å²) in [5.74, 6) is 0.356. The quantitative estimate of drug-likeness (QED) is 0.426. The first-order valence-electron chi connectivity index (χ1n) is 11.8. The molecule has 0 bridgehead atoms. The zero-order valence-corrected chi connectivity index (χ0v) is 20.1. The number of rotatable bonds is 5. The van der Waals surface area contributed by atoms with E-state index in [0.29, 0.717) is 24.5 Å². The molecule has 3 aromatic heterocycles. The van der Waals surface area contributed by atoms with Gasteiger partial charge >= 0.3 is 0 Å². The molecular weight excluding hydrogens is 438 g/mol. The fourth-order valence-electron chi connectivity index (χ4n) is 5.20. The summed E-state index contributed by atoms with van der Waals surface area (Å²) in [6, 6.07) is 14.3. The van der Waals surface area contributed by atoms with Crippen LogP contribution in [-0.4, -0.2) is 30.6 Å². The van der Waals surface area contributed by atoms with Crippen LogP contribution in [0.4, 0.5) is 0 Å². The van der Waals surface area contributed by atoms with Crippen LogP contribution in [0.5, 0.6) is 5.88 Å². The molecule has 1 aromatic carbocycles. The first kappa shape index (κ1) is 21.5. The van der Waals surface area contributed by atoms with Gasteiger partial charge in [0.1, 0.15) is 11.7 Å². The highest BCUT2D eigenvalue weighted by molar-refractivity contribution is 6.00. The lowest BCUT2D eigenvalue weighted by molar-refractivity contribution is 0.0711. The summed E-state index contributed by atoms with van der Waals surface area (Å²) in [7, 11) is 1.91. The van der Waals surface area contributed by atoms with Gasteiger partial charge in [-0.2, -0.15) is 5.10 Å². The second-order valence-electron chi connectivity index (χ2n) is 10.1. The molecule has 1 unspecified atom stereocenters. The second kappa shape index (κ2) is 8.05. The first-order valence-corrected chi connectivity index (χ1v) is 11.8. The Morgan fingerprint density at radius 2 is 1.86 bits per heavy atom. The van der Waals surface area contributed by atoms with Crippen LogP contribution in [0.25, 0.3) is 11.1 Å². The van der Waals surface area contributed by atoms with Crippen molar-refractivity contribution in [1.82, 2.24) is 24.6 Å². The largest absolute Gasteiger partial charge is 0.467 e. The molecule has 1 atom stereocenters. The Bertz CT molecular complexity index is 1420. The summed E-state index contributed by atoms with van der Waals surface area (Å²) in [6.45, 7) is 5.41. The van der Waals surface area contributed by atoms with Gasteiger partial charge in [0.2, 0.25) is 5.88 Å². The van der Waals surface area contributed by atoms with Crippen LogP contribution in [0, 0.1) is 5.41 Å². The van der Waals surface area contributed by atoms with E-state index in [4.69, 9.17) is 4.74 Å². The average Bonchev–Trinajstić information content (AvgIpc) is 3.49. The van der Waals surface area contributed by atoms with Crippen LogP contribution in [0.3, 0.4) is 0 Å². The molecule has 4 heterocycles. The fourth-order valence-corrected chi connectivity index (χ4v) is 5.20. The van der Waals surface area contributed by atoms with E-state index in [1.807, 2.05) is 36.5 Å². The maximum Gasteiger partial charge on any atom is 0.260 e. The van der Waals surface area contributed by atoms with Gasteiger partial charge in [-0.25, -0.2) is 4.98 Å². The minimum Gasteiger partial charge on any atom is -0.467 e. The molecule has 1 amide bonds. The Hall–Kier alpha value is -4.00. The van der Waals surface area contributed by atoms with Crippen molar-refractivity contribution in [1.29, 1.82) is 0 Å². The molecule has 0 spiro atoms. The molecule has 176 valence electrons. The van der Waals surface area contributed by atoms with E-state index in [9.17, 15) is 4.79 Å². The van der Waals surface area contributed by atoms with E-state index in [1.165, 1.54) is 5.56 Å². The Labute approximate surface area is 204 Å². The molecule has 7 heteroatoms. The summed E-state index contributed by atoms with van der Waals surface area (Å²) in [5.41, 5.74) is 6.75. The number of carbonyl (C=O) groups is 1. The second-order valence-corrected chi connectivity index (χ2v) is 10.1. The number of nitrogens with zero attached hydrogens (tertiary/aromatic N) is 5. The monoisotopic (exact) mass is 465 g/mol. The summed E-state index contributed by atoms with van der Waals surface area (Å²) in [4.78, 5) is 24.4. The molecule has 0 N–H and O–H groups in total. The van der Waals surface area contributed by atoms with Gasteiger partial charge in [-0.3, -0.25) is 14.5 Å². The van der Waals surface area contributed by atoms with E-state index in [0.717, 1.165) is 34.4 Å². The number of fused-ring (bicyclic) bond motifs is 2. The van der Waals surface area contributed by atoms with Crippen molar-refractivity contribution in [2.24, 2.45) is 12.5 Å². The molecule has 7 nitrogen and oxygen atoms in total. The number of pyridine rings is 2. The van der Waals surface area contributed by atoms with Crippen LogP contribution in [-0.2, 0) is 26.6 Å². The van der Waals surface area contributed by atoms with Crippen molar-refractivity contribution in [2.75, 3.05) is 0 Å². The average molecular weight is 466 g/mol. The van der Waals surface area contributed by atoms with Gasteiger partial charge in [0.05, 0.1) is 11.9 Å². The minimum atomic E-state index is -0.250. The molecule has 0 saturated carbocycles. The molecular formula is C28H27N5O2. The van der Waals surface area contributed by atoms with Gasteiger partial charge in [0.15, 0.2) is 0 Å². The van der Waals surface area contributed by atoms with Gasteiger partial charge in [0, 0.05) is 49.7 Å². The maximum atomic E-state index is 13.5. The first-order chi connectivity index (χ1) is 16.9. The molecule has 0 radical (unpaired) electrons. The number of aryl methyl sites for hydroxylation is 1. The predicted molar refractivity (Wildman–Crippen MR) is 132 cm³/mol. The van der Waals surface area contributed by atoms with Crippen molar-refractivity contribution in [3.05, 3.63) is 95.2 Å². The van der Waals surface area contributed by atoms with Gasteiger partial charge in [-0.05, 0) is 40.8 Å². The van der Waals surface area contributed by atoms with Crippen LogP contribution < -0.4 is 4.74 Å².